The van der Waals surface area contributed by atoms with Gasteiger partial charge in [-0.2, -0.15) is 5.10 Å². The van der Waals surface area contributed by atoms with E-state index in [4.69, 9.17) is 9.15 Å². The second-order valence-corrected chi connectivity index (χ2v) is 6.30. The Hall–Kier alpha value is -1.80. The molecule has 1 atom stereocenters. The van der Waals surface area contributed by atoms with Crippen molar-refractivity contribution in [1.29, 1.82) is 0 Å². The molecule has 3 rings (SSSR count). The van der Waals surface area contributed by atoms with Gasteiger partial charge in [-0.1, -0.05) is 13.8 Å². The summed E-state index contributed by atoms with van der Waals surface area (Å²) in [7, 11) is 0. The fourth-order valence-corrected chi connectivity index (χ4v) is 2.72. The molecular formula is C15H24N6O2. The standard InChI is InChI=1S/C15H24N6O2/c1-10(2)15-18-17-14(23-15)9-20-5-6-22-13(7-20)8-21-12(4)16-11(3)19-21/h10,13H,5-9H2,1-4H3. The van der Waals surface area contributed by atoms with Gasteiger partial charge in [-0.05, 0) is 13.8 Å². The highest BCUT2D eigenvalue weighted by molar-refractivity contribution is 4.90. The van der Waals surface area contributed by atoms with Crippen LogP contribution < -0.4 is 0 Å². The molecule has 0 saturated carbocycles. The lowest BCUT2D eigenvalue weighted by molar-refractivity contribution is -0.0426. The van der Waals surface area contributed by atoms with E-state index in [1.54, 1.807) is 0 Å². The Bertz CT molecular complexity index is 650. The molecule has 1 unspecified atom stereocenters. The van der Waals surface area contributed by atoms with E-state index in [0.29, 0.717) is 31.5 Å². The summed E-state index contributed by atoms with van der Waals surface area (Å²) in [5.74, 6) is 3.33. The van der Waals surface area contributed by atoms with E-state index in [0.717, 1.165) is 24.7 Å². The van der Waals surface area contributed by atoms with Crippen LogP contribution in [-0.4, -0.2) is 55.7 Å². The van der Waals surface area contributed by atoms with Crippen molar-refractivity contribution in [3.05, 3.63) is 23.4 Å². The van der Waals surface area contributed by atoms with Crippen molar-refractivity contribution in [2.45, 2.75) is 52.8 Å². The molecule has 0 radical (unpaired) electrons. The Morgan fingerprint density at radius 1 is 1.26 bits per heavy atom. The largest absolute Gasteiger partial charge is 0.424 e. The third-order valence-electron chi connectivity index (χ3n) is 3.90. The molecule has 2 aromatic heterocycles. The lowest BCUT2D eigenvalue weighted by Crippen LogP contribution is -2.44. The SMILES string of the molecule is Cc1nc(C)n(CC2CN(Cc3nnc(C(C)C)o3)CCO2)n1. The smallest absolute Gasteiger partial charge is 0.230 e. The van der Waals surface area contributed by atoms with Gasteiger partial charge in [-0.3, -0.25) is 4.90 Å². The fourth-order valence-electron chi connectivity index (χ4n) is 2.72. The average Bonchev–Trinajstić information content (AvgIpc) is 3.07. The Labute approximate surface area is 135 Å². The predicted octanol–water partition coefficient (Wildman–Crippen LogP) is 1.30. The van der Waals surface area contributed by atoms with Crippen LogP contribution in [0.15, 0.2) is 4.42 Å². The highest BCUT2D eigenvalue weighted by Gasteiger charge is 2.23. The Balaban J connectivity index is 1.58. The highest BCUT2D eigenvalue weighted by atomic mass is 16.5. The van der Waals surface area contributed by atoms with Crippen molar-refractivity contribution in [3.63, 3.8) is 0 Å². The van der Waals surface area contributed by atoms with Crippen LogP contribution in [0.3, 0.4) is 0 Å². The van der Waals surface area contributed by atoms with Crippen molar-refractivity contribution >= 4 is 0 Å². The van der Waals surface area contributed by atoms with Gasteiger partial charge in [0.25, 0.3) is 0 Å². The number of hydrogen-bond donors (Lipinski definition) is 0. The average molecular weight is 320 g/mol. The van der Waals surface area contributed by atoms with E-state index in [1.807, 2.05) is 32.4 Å². The molecule has 0 N–H and O–H groups in total. The van der Waals surface area contributed by atoms with Crippen molar-refractivity contribution in [2.24, 2.45) is 0 Å². The maximum absolute atomic E-state index is 5.86. The first kappa shape index (κ1) is 16.1. The normalized spacial score (nSPS) is 19.6. The third kappa shape index (κ3) is 3.94. The molecule has 1 aliphatic rings. The van der Waals surface area contributed by atoms with Gasteiger partial charge in [0.1, 0.15) is 11.6 Å². The highest BCUT2D eigenvalue weighted by Crippen LogP contribution is 2.15. The molecule has 8 nitrogen and oxygen atoms in total. The van der Waals surface area contributed by atoms with E-state index < -0.39 is 0 Å². The van der Waals surface area contributed by atoms with Gasteiger partial charge in [0.15, 0.2) is 0 Å². The number of aryl methyl sites for hydroxylation is 2. The molecule has 0 amide bonds. The Morgan fingerprint density at radius 3 is 2.74 bits per heavy atom. The summed E-state index contributed by atoms with van der Waals surface area (Å²) in [6.07, 6.45) is 0.0936. The molecular weight excluding hydrogens is 296 g/mol. The number of nitrogens with zero attached hydrogens (tertiary/aromatic N) is 6. The molecule has 2 aromatic rings. The van der Waals surface area contributed by atoms with Gasteiger partial charge in [0.05, 0.1) is 25.8 Å². The second-order valence-electron chi connectivity index (χ2n) is 6.30. The molecule has 0 aliphatic carbocycles. The molecule has 0 spiro atoms. The number of aromatic nitrogens is 5. The number of hydrogen-bond acceptors (Lipinski definition) is 7. The van der Waals surface area contributed by atoms with E-state index in [9.17, 15) is 0 Å². The molecule has 1 saturated heterocycles. The summed E-state index contributed by atoms with van der Waals surface area (Å²) >= 11 is 0. The van der Waals surface area contributed by atoms with Crippen molar-refractivity contribution in [2.75, 3.05) is 19.7 Å². The van der Waals surface area contributed by atoms with Crippen LogP contribution in [0.4, 0.5) is 0 Å². The van der Waals surface area contributed by atoms with Gasteiger partial charge in [-0.15, -0.1) is 10.2 Å². The quantitative estimate of drug-likeness (QED) is 0.821. The van der Waals surface area contributed by atoms with Gasteiger partial charge < -0.3 is 9.15 Å². The molecule has 3 heterocycles. The minimum absolute atomic E-state index is 0.0936. The predicted molar refractivity (Wildman–Crippen MR) is 82.9 cm³/mol. The van der Waals surface area contributed by atoms with Gasteiger partial charge in [0, 0.05) is 19.0 Å². The van der Waals surface area contributed by atoms with Crippen molar-refractivity contribution in [1.82, 2.24) is 29.9 Å². The summed E-state index contributed by atoms with van der Waals surface area (Å²) in [6, 6.07) is 0. The monoisotopic (exact) mass is 320 g/mol. The van der Waals surface area contributed by atoms with Crippen LogP contribution in [-0.2, 0) is 17.8 Å². The summed E-state index contributed by atoms with van der Waals surface area (Å²) < 4.78 is 13.5. The van der Waals surface area contributed by atoms with Gasteiger partial charge in [0.2, 0.25) is 11.8 Å². The third-order valence-corrected chi connectivity index (χ3v) is 3.90. The topological polar surface area (TPSA) is 82.1 Å². The summed E-state index contributed by atoms with van der Waals surface area (Å²) in [6.45, 7) is 11.7. The minimum Gasteiger partial charge on any atom is -0.424 e. The van der Waals surface area contributed by atoms with Crippen LogP contribution in [0.1, 0.15) is 43.2 Å². The first-order valence-corrected chi connectivity index (χ1v) is 8.05. The van der Waals surface area contributed by atoms with Crippen LogP contribution in [0.2, 0.25) is 0 Å². The zero-order valence-corrected chi connectivity index (χ0v) is 14.2. The first-order valence-electron chi connectivity index (χ1n) is 8.05. The van der Waals surface area contributed by atoms with Crippen LogP contribution in [0.5, 0.6) is 0 Å². The van der Waals surface area contributed by atoms with Gasteiger partial charge >= 0.3 is 0 Å². The number of morpholine rings is 1. The summed E-state index contributed by atoms with van der Waals surface area (Å²) in [4.78, 5) is 6.61. The first-order chi connectivity index (χ1) is 11.0. The van der Waals surface area contributed by atoms with E-state index in [2.05, 4.69) is 25.2 Å². The van der Waals surface area contributed by atoms with Crippen LogP contribution in [0.25, 0.3) is 0 Å². The maximum atomic E-state index is 5.86. The van der Waals surface area contributed by atoms with E-state index in [-0.39, 0.29) is 12.0 Å². The number of ether oxygens (including phenoxy) is 1. The zero-order chi connectivity index (χ0) is 16.4. The molecule has 1 aliphatic heterocycles. The summed E-state index contributed by atoms with van der Waals surface area (Å²) in [5.41, 5.74) is 0. The molecule has 8 heteroatoms. The van der Waals surface area contributed by atoms with E-state index >= 15 is 0 Å². The molecule has 0 bridgehead atoms. The molecule has 0 aromatic carbocycles. The van der Waals surface area contributed by atoms with Crippen molar-refractivity contribution in [3.8, 4) is 0 Å². The number of rotatable bonds is 5. The zero-order valence-electron chi connectivity index (χ0n) is 14.2. The lowest BCUT2D eigenvalue weighted by atomic mass is 10.2. The fraction of sp³-hybridized carbons (Fsp3) is 0.733. The molecule has 23 heavy (non-hydrogen) atoms. The summed E-state index contributed by atoms with van der Waals surface area (Å²) in [5, 5.41) is 12.6. The van der Waals surface area contributed by atoms with Crippen LogP contribution in [0, 0.1) is 13.8 Å². The Morgan fingerprint density at radius 2 is 2.09 bits per heavy atom. The van der Waals surface area contributed by atoms with Gasteiger partial charge in [-0.25, -0.2) is 9.67 Å². The van der Waals surface area contributed by atoms with Crippen LogP contribution >= 0.6 is 0 Å². The van der Waals surface area contributed by atoms with Crippen molar-refractivity contribution < 1.29 is 9.15 Å². The Kier molecular flexibility index (Phi) is 4.72. The lowest BCUT2D eigenvalue weighted by Gasteiger charge is -2.32. The molecule has 1 fully saturated rings. The minimum atomic E-state index is 0.0936. The maximum Gasteiger partial charge on any atom is 0.230 e. The van der Waals surface area contributed by atoms with E-state index in [1.165, 1.54) is 0 Å². The molecule has 126 valence electrons. The second kappa shape index (κ2) is 6.76.